The molecule has 0 fully saturated rings. The minimum Gasteiger partial charge on any atom is -0.288 e. The average Bonchev–Trinajstić information content (AvgIpc) is 1.99. The van der Waals surface area contributed by atoms with E-state index in [-0.39, 0.29) is 6.42 Å². The minimum absolute atomic E-state index is 0.367. The molecule has 0 unspecified atom stereocenters. The summed E-state index contributed by atoms with van der Waals surface area (Å²) in [6.07, 6.45) is 1.34. The van der Waals surface area contributed by atoms with Crippen LogP contribution in [0.3, 0.4) is 0 Å². The molecule has 0 aromatic rings. The number of unbranched alkanes of at least 4 members (excludes halogenated alkanes) is 1. The Morgan fingerprint density at radius 3 is 2.55 bits per heavy atom. The third-order valence-corrected chi connectivity index (χ3v) is 1.39. The van der Waals surface area contributed by atoms with E-state index >= 15 is 0 Å². The minimum atomic E-state index is -3.20. The molecule has 0 aliphatic rings. The first-order valence-corrected chi connectivity index (χ1v) is 3.59. The fourth-order valence-corrected chi connectivity index (χ4v) is 0.671. The maximum absolute atomic E-state index is 12.6. The van der Waals surface area contributed by atoms with Crippen LogP contribution in [-0.4, -0.2) is 11.7 Å². The number of carbonyl (C=O) groups excluding carboxylic acids is 1. The summed E-state index contributed by atoms with van der Waals surface area (Å²) in [4.78, 5) is 10.5. The van der Waals surface area contributed by atoms with Gasteiger partial charge in [-0.2, -0.15) is 8.78 Å². The van der Waals surface area contributed by atoms with Gasteiger partial charge in [0.1, 0.15) is 0 Å². The van der Waals surface area contributed by atoms with E-state index in [4.69, 9.17) is 0 Å². The van der Waals surface area contributed by atoms with Crippen LogP contribution in [0.25, 0.3) is 0 Å². The number of carbonyl (C=O) groups is 1. The fraction of sp³-hybridized carbons (Fsp3) is 0.625. The Hall–Kier alpha value is -0.730. The van der Waals surface area contributed by atoms with Gasteiger partial charge in [-0.1, -0.05) is 19.9 Å². The van der Waals surface area contributed by atoms with E-state index in [2.05, 4.69) is 6.58 Å². The van der Waals surface area contributed by atoms with Crippen LogP contribution in [0.5, 0.6) is 0 Å². The van der Waals surface area contributed by atoms with Crippen LogP contribution in [0.15, 0.2) is 12.7 Å². The summed E-state index contributed by atoms with van der Waals surface area (Å²) < 4.78 is 25.2. The molecule has 0 N–H and O–H groups in total. The van der Waals surface area contributed by atoms with Gasteiger partial charge in [-0.25, -0.2) is 0 Å². The largest absolute Gasteiger partial charge is 0.309 e. The Morgan fingerprint density at radius 2 is 2.18 bits per heavy atom. The number of hydrogen-bond donors (Lipinski definition) is 0. The molecule has 0 rings (SSSR count). The average molecular weight is 162 g/mol. The zero-order valence-corrected chi connectivity index (χ0v) is 6.57. The lowest BCUT2D eigenvalue weighted by Gasteiger charge is -2.10. The molecule has 0 bridgehead atoms. The van der Waals surface area contributed by atoms with E-state index in [0.29, 0.717) is 18.9 Å². The van der Waals surface area contributed by atoms with Crippen molar-refractivity contribution in [2.24, 2.45) is 0 Å². The predicted octanol–water partition coefficient (Wildman–Crippen LogP) is 2.57. The Balaban J connectivity index is 3.98. The normalized spacial score (nSPS) is 11.2. The molecular weight excluding hydrogens is 150 g/mol. The Kier molecular flexibility index (Phi) is 3.93. The lowest BCUT2D eigenvalue weighted by atomic mass is 10.1. The summed E-state index contributed by atoms with van der Waals surface area (Å²) in [6, 6.07) is 0. The molecule has 0 amide bonds. The molecule has 11 heavy (non-hydrogen) atoms. The predicted molar refractivity (Wildman–Crippen MR) is 39.7 cm³/mol. The van der Waals surface area contributed by atoms with Gasteiger partial charge in [-0.3, -0.25) is 4.79 Å². The molecule has 64 valence electrons. The molecule has 1 nitrogen and oxygen atoms in total. The summed E-state index contributed by atoms with van der Waals surface area (Å²) in [5.41, 5.74) is 0. The second-order valence-corrected chi connectivity index (χ2v) is 2.38. The maximum Gasteiger partial charge on any atom is 0.309 e. The topological polar surface area (TPSA) is 17.1 Å². The van der Waals surface area contributed by atoms with Crippen molar-refractivity contribution in [1.82, 2.24) is 0 Å². The number of allylic oxidation sites excluding steroid dienone is 1. The van der Waals surface area contributed by atoms with Crippen molar-refractivity contribution < 1.29 is 13.6 Å². The van der Waals surface area contributed by atoms with Crippen LogP contribution in [-0.2, 0) is 4.79 Å². The van der Waals surface area contributed by atoms with Gasteiger partial charge in [0.05, 0.1) is 0 Å². The van der Waals surface area contributed by atoms with Crippen molar-refractivity contribution in [1.29, 1.82) is 0 Å². The Morgan fingerprint density at radius 1 is 1.64 bits per heavy atom. The third kappa shape index (κ3) is 3.25. The maximum atomic E-state index is 12.6. The van der Waals surface area contributed by atoms with Crippen molar-refractivity contribution in [3.05, 3.63) is 12.7 Å². The van der Waals surface area contributed by atoms with Crippen LogP contribution < -0.4 is 0 Å². The molecule has 0 atom stereocenters. The standard InChI is InChI=1S/C8H12F2O/c1-3-5-6-8(9,10)7(11)4-2/h4H,2-3,5-6H2,1H3. The molecule has 0 aliphatic carbocycles. The number of ketones is 1. The quantitative estimate of drug-likeness (QED) is 0.568. The summed E-state index contributed by atoms with van der Waals surface area (Å²) >= 11 is 0. The molecule has 3 heteroatoms. The number of alkyl halides is 2. The van der Waals surface area contributed by atoms with Gasteiger partial charge in [0.25, 0.3) is 0 Å². The van der Waals surface area contributed by atoms with Gasteiger partial charge in [-0.15, -0.1) is 0 Å². The third-order valence-electron chi connectivity index (χ3n) is 1.39. The highest BCUT2D eigenvalue weighted by molar-refractivity contribution is 5.95. The lowest BCUT2D eigenvalue weighted by molar-refractivity contribution is -0.138. The highest BCUT2D eigenvalue weighted by atomic mass is 19.3. The molecule has 0 aromatic heterocycles. The van der Waals surface area contributed by atoms with Crippen LogP contribution in [0.2, 0.25) is 0 Å². The number of rotatable bonds is 5. The van der Waals surface area contributed by atoms with E-state index in [0.717, 1.165) is 0 Å². The highest BCUT2D eigenvalue weighted by Crippen LogP contribution is 2.22. The first-order valence-electron chi connectivity index (χ1n) is 3.59. The van der Waals surface area contributed by atoms with Gasteiger partial charge >= 0.3 is 5.92 Å². The summed E-state index contributed by atoms with van der Waals surface area (Å²) in [7, 11) is 0. The fourth-order valence-electron chi connectivity index (χ4n) is 0.671. The van der Waals surface area contributed by atoms with Crippen molar-refractivity contribution in [2.45, 2.75) is 32.1 Å². The van der Waals surface area contributed by atoms with E-state index in [9.17, 15) is 13.6 Å². The molecular formula is C8H12F2O. The number of hydrogen-bond acceptors (Lipinski definition) is 1. The van der Waals surface area contributed by atoms with Gasteiger partial charge in [0.15, 0.2) is 0 Å². The number of halogens is 2. The second-order valence-electron chi connectivity index (χ2n) is 2.38. The smallest absolute Gasteiger partial charge is 0.288 e. The molecule has 0 aliphatic heterocycles. The molecule has 0 heterocycles. The molecule has 0 saturated heterocycles. The molecule has 0 aromatic carbocycles. The summed E-state index contributed by atoms with van der Waals surface area (Å²) in [6.45, 7) is 4.81. The van der Waals surface area contributed by atoms with E-state index < -0.39 is 11.7 Å². The van der Waals surface area contributed by atoms with Gasteiger partial charge in [0, 0.05) is 6.42 Å². The zero-order valence-electron chi connectivity index (χ0n) is 6.57. The van der Waals surface area contributed by atoms with E-state index in [1.807, 2.05) is 0 Å². The first kappa shape index (κ1) is 10.3. The van der Waals surface area contributed by atoms with Gasteiger partial charge in [-0.05, 0) is 12.5 Å². The Labute approximate surface area is 65.1 Å². The van der Waals surface area contributed by atoms with E-state index in [1.165, 1.54) is 0 Å². The lowest BCUT2D eigenvalue weighted by Crippen LogP contribution is -2.26. The first-order chi connectivity index (χ1) is 5.04. The van der Waals surface area contributed by atoms with Crippen molar-refractivity contribution in [2.75, 3.05) is 0 Å². The zero-order chi connectivity index (χ0) is 8.91. The molecule has 0 radical (unpaired) electrons. The van der Waals surface area contributed by atoms with E-state index in [1.54, 1.807) is 6.92 Å². The molecule has 0 saturated carbocycles. The molecule has 0 spiro atoms. The van der Waals surface area contributed by atoms with Crippen molar-refractivity contribution in [3.63, 3.8) is 0 Å². The highest BCUT2D eigenvalue weighted by Gasteiger charge is 2.34. The Bertz CT molecular complexity index is 152. The van der Waals surface area contributed by atoms with Gasteiger partial charge in [0.2, 0.25) is 5.78 Å². The second kappa shape index (κ2) is 4.21. The van der Waals surface area contributed by atoms with Gasteiger partial charge < -0.3 is 0 Å². The van der Waals surface area contributed by atoms with Crippen molar-refractivity contribution >= 4 is 5.78 Å². The summed E-state index contributed by atoms with van der Waals surface area (Å²) in [5, 5.41) is 0. The monoisotopic (exact) mass is 162 g/mol. The summed E-state index contributed by atoms with van der Waals surface area (Å²) in [5.74, 6) is -4.37. The van der Waals surface area contributed by atoms with Crippen LogP contribution >= 0.6 is 0 Å². The van der Waals surface area contributed by atoms with Crippen LogP contribution in [0, 0.1) is 0 Å². The van der Waals surface area contributed by atoms with Crippen LogP contribution in [0.1, 0.15) is 26.2 Å². The van der Waals surface area contributed by atoms with Crippen molar-refractivity contribution in [3.8, 4) is 0 Å². The SMILES string of the molecule is C=CC(=O)C(F)(F)CCCC. The van der Waals surface area contributed by atoms with Crippen LogP contribution in [0.4, 0.5) is 8.78 Å².